The van der Waals surface area contributed by atoms with Crippen LogP contribution in [0.1, 0.15) is 56.6 Å². The Morgan fingerprint density at radius 1 is 1.14 bits per heavy atom. The molecule has 0 spiro atoms. The van der Waals surface area contributed by atoms with E-state index < -0.39 is 27.3 Å². The van der Waals surface area contributed by atoms with Crippen molar-refractivity contribution in [2.75, 3.05) is 12.9 Å². The fourth-order valence-corrected chi connectivity index (χ4v) is 6.77. The number of sulfone groups is 1. The van der Waals surface area contributed by atoms with Gasteiger partial charge in [0, 0.05) is 11.3 Å². The van der Waals surface area contributed by atoms with E-state index in [1.54, 1.807) is 18.2 Å². The SMILES string of the molecule is CCCC[C@@]1(CC)CS(=O)(=O)c2cc(OC)ccc2[C@@H](c2ccccc2)C1O. The minimum Gasteiger partial charge on any atom is -0.497 e. The lowest BCUT2D eigenvalue weighted by atomic mass is 9.69. The molecule has 0 saturated heterocycles. The zero-order valence-corrected chi connectivity index (χ0v) is 17.7. The number of methoxy groups -OCH3 is 1. The van der Waals surface area contributed by atoms with Crippen LogP contribution in [0, 0.1) is 5.41 Å². The molecule has 0 aliphatic carbocycles. The van der Waals surface area contributed by atoms with Gasteiger partial charge in [-0.15, -0.1) is 0 Å². The van der Waals surface area contributed by atoms with Crippen molar-refractivity contribution in [2.24, 2.45) is 5.41 Å². The van der Waals surface area contributed by atoms with Crippen LogP contribution in [0.15, 0.2) is 53.4 Å². The molecule has 1 N–H and O–H groups in total. The van der Waals surface area contributed by atoms with Crippen molar-refractivity contribution >= 4 is 9.84 Å². The van der Waals surface area contributed by atoms with Crippen LogP contribution < -0.4 is 4.74 Å². The summed E-state index contributed by atoms with van der Waals surface area (Å²) in [5, 5.41) is 11.6. The van der Waals surface area contributed by atoms with Gasteiger partial charge < -0.3 is 9.84 Å². The number of aliphatic hydroxyl groups is 1. The van der Waals surface area contributed by atoms with Crippen LogP contribution in [0.4, 0.5) is 0 Å². The highest BCUT2D eigenvalue weighted by Gasteiger charge is 2.48. The molecule has 4 nitrogen and oxygen atoms in total. The highest BCUT2D eigenvalue weighted by Crippen LogP contribution is 2.49. The second kappa shape index (κ2) is 8.26. The summed E-state index contributed by atoms with van der Waals surface area (Å²) in [6.07, 6.45) is 2.37. The summed E-state index contributed by atoms with van der Waals surface area (Å²) >= 11 is 0. The van der Waals surface area contributed by atoms with Crippen LogP contribution in [0.2, 0.25) is 0 Å². The molecule has 2 aromatic carbocycles. The summed E-state index contributed by atoms with van der Waals surface area (Å²) in [5.74, 6) is 0.0821. The maximum Gasteiger partial charge on any atom is 0.179 e. The monoisotopic (exact) mass is 402 g/mol. The fraction of sp³-hybridized carbons (Fsp3) is 0.478. The minimum atomic E-state index is -3.58. The number of rotatable bonds is 6. The van der Waals surface area contributed by atoms with E-state index in [2.05, 4.69) is 6.92 Å². The van der Waals surface area contributed by atoms with Gasteiger partial charge in [-0.25, -0.2) is 8.42 Å². The zero-order chi connectivity index (χ0) is 20.4. The first-order valence-corrected chi connectivity index (χ1v) is 11.7. The van der Waals surface area contributed by atoms with Crippen molar-refractivity contribution in [3.05, 3.63) is 59.7 Å². The third-order valence-corrected chi connectivity index (χ3v) is 8.18. The average Bonchev–Trinajstić information content (AvgIpc) is 2.78. The van der Waals surface area contributed by atoms with Crippen molar-refractivity contribution in [1.82, 2.24) is 0 Å². The Bertz CT molecular complexity index is 907. The zero-order valence-electron chi connectivity index (χ0n) is 16.9. The molecular weight excluding hydrogens is 372 g/mol. The molecule has 2 aromatic rings. The third-order valence-electron chi connectivity index (χ3n) is 6.20. The first kappa shape index (κ1) is 20.9. The number of hydrogen-bond acceptors (Lipinski definition) is 4. The quantitative estimate of drug-likeness (QED) is 0.769. The van der Waals surface area contributed by atoms with Crippen molar-refractivity contribution in [1.29, 1.82) is 0 Å². The number of benzene rings is 2. The van der Waals surface area contributed by atoms with Gasteiger partial charge in [-0.05, 0) is 36.1 Å². The van der Waals surface area contributed by atoms with Gasteiger partial charge in [-0.3, -0.25) is 0 Å². The summed E-state index contributed by atoms with van der Waals surface area (Å²) in [5.41, 5.74) is 0.917. The Labute approximate surface area is 168 Å². The van der Waals surface area contributed by atoms with Crippen molar-refractivity contribution in [3.8, 4) is 5.75 Å². The molecule has 152 valence electrons. The van der Waals surface area contributed by atoms with E-state index in [0.29, 0.717) is 24.2 Å². The van der Waals surface area contributed by atoms with Crippen LogP contribution >= 0.6 is 0 Å². The highest BCUT2D eigenvalue weighted by atomic mass is 32.2. The summed E-state index contributed by atoms with van der Waals surface area (Å²) in [6.45, 7) is 4.09. The van der Waals surface area contributed by atoms with Gasteiger partial charge in [0.15, 0.2) is 9.84 Å². The molecule has 0 amide bonds. The number of ether oxygens (including phenoxy) is 1. The third kappa shape index (κ3) is 3.70. The molecule has 28 heavy (non-hydrogen) atoms. The van der Waals surface area contributed by atoms with Crippen molar-refractivity contribution < 1.29 is 18.3 Å². The predicted octanol–water partition coefficient (Wildman–Crippen LogP) is 4.56. The van der Waals surface area contributed by atoms with Gasteiger partial charge in [0.1, 0.15) is 5.75 Å². The number of aliphatic hydroxyl groups excluding tert-OH is 1. The lowest BCUT2D eigenvalue weighted by molar-refractivity contribution is 0.0174. The molecule has 0 saturated carbocycles. The predicted molar refractivity (Wildman–Crippen MR) is 112 cm³/mol. The minimum absolute atomic E-state index is 0.0405. The van der Waals surface area contributed by atoms with Gasteiger partial charge in [-0.2, -0.15) is 0 Å². The standard InChI is InChI=1S/C23H30O4S/c1-4-6-14-23(5-2)16-28(25,26)20-15-18(27-3)12-13-19(20)21(22(23)24)17-10-8-7-9-11-17/h7-13,15,21-22,24H,4-6,14,16H2,1-3H3/t21-,22?,23+/m1/s1. The Hall–Kier alpha value is -1.85. The molecule has 0 bridgehead atoms. The first-order chi connectivity index (χ1) is 13.4. The highest BCUT2D eigenvalue weighted by molar-refractivity contribution is 7.91. The van der Waals surface area contributed by atoms with Gasteiger partial charge >= 0.3 is 0 Å². The molecule has 1 aliphatic heterocycles. The lowest BCUT2D eigenvalue weighted by Crippen LogP contribution is -2.42. The Morgan fingerprint density at radius 2 is 1.86 bits per heavy atom. The molecule has 0 aromatic heterocycles. The van der Waals surface area contributed by atoms with E-state index in [4.69, 9.17) is 4.74 Å². The summed E-state index contributed by atoms with van der Waals surface area (Å²) in [6, 6.07) is 14.9. The van der Waals surface area contributed by atoms with E-state index in [1.807, 2.05) is 37.3 Å². The van der Waals surface area contributed by atoms with Crippen LogP contribution in [0.25, 0.3) is 0 Å². The number of fused-ring (bicyclic) bond motifs is 1. The maximum absolute atomic E-state index is 13.5. The second-order valence-corrected chi connectivity index (χ2v) is 9.77. The Morgan fingerprint density at radius 3 is 2.46 bits per heavy atom. The van der Waals surface area contributed by atoms with Crippen LogP contribution in [0.3, 0.4) is 0 Å². The summed E-state index contributed by atoms with van der Waals surface area (Å²) < 4.78 is 32.2. The molecule has 5 heteroatoms. The van der Waals surface area contributed by atoms with Gasteiger partial charge in [-0.1, -0.05) is 63.1 Å². The molecule has 0 radical (unpaired) electrons. The van der Waals surface area contributed by atoms with E-state index in [0.717, 1.165) is 18.4 Å². The van der Waals surface area contributed by atoms with Crippen molar-refractivity contribution in [3.63, 3.8) is 0 Å². The topological polar surface area (TPSA) is 63.6 Å². The van der Waals surface area contributed by atoms with Gasteiger partial charge in [0.25, 0.3) is 0 Å². The fourth-order valence-electron chi connectivity index (χ4n) is 4.49. The second-order valence-electron chi connectivity index (χ2n) is 7.82. The molecule has 3 atom stereocenters. The molecule has 1 aliphatic rings. The van der Waals surface area contributed by atoms with Crippen LogP contribution in [-0.4, -0.2) is 32.5 Å². The molecule has 1 unspecified atom stereocenters. The van der Waals surface area contributed by atoms with E-state index in [9.17, 15) is 13.5 Å². The normalized spacial score (nSPS) is 26.3. The smallest absolute Gasteiger partial charge is 0.179 e. The van der Waals surface area contributed by atoms with Gasteiger partial charge in [0.2, 0.25) is 0 Å². The Balaban J connectivity index is 2.28. The number of hydrogen-bond donors (Lipinski definition) is 1. The van der Waals surface area contributed by atoms with Crippen LogP contribution in [0.5, 0.6) is 5.75 Å². The maximum atomic E-state index is 13.5. The lowest BCUT2D eigenvalue weighted by Gasteiger charge is -2.39. The Kier molecular flexibility index (Phi) is 6.15. The first-order valence-electron chi connectivity index (χ1n) is 10.0. The summed E-state index contributed by atoms with van der Waals surface area (Å²) in [7, 11) is -2.04. The molecular formula is C23H30O4S. The molecule has 3 rings (SSSR count). The van der Waals surface area contributed by atoms with E-state index in [-0.39, 0.29) is 10.6 Å². The van der Waals surface area contributed by atoms with Gasteiger partial charge in [0.05, 0.1) is 23.9 Å². The number of unbranched alkanes of at least 4 members (excludes halogenated alkanes) is 1. The van der Waals surface area contributed by atoms with E-state index >= 15 is 0 Å². The summed E-state index contributed by atoms with van der Waals surface area (Å²) in [4.78, 5) is 0.284. The molecule has 1 heterocycles. The average molecular weight is 403 g/mol. The van der Waals surface area contributed by atoms with Crippen molar-refractivity contribution in [2.45, 2.75) is 56.4 Å². The van der Waals surface area contributed by atoms with E-state index in [1.165, 1.54) is 7.11 Å². The largest absolute Gasteiger partial charge is 0.497 e. The molecule has 0 fully saturated rings. The van der Waals surface area contributed by atoms with Crippen LogP contribution in [-0.2, 0) is 9.84 Å².